The van der Waals surface area contributed by atoms with E-state index < -0.39 is 0 Å². The molecule has 0 saturated heterocycles. The maximum atomic E-state index is 6.24. The van der Waals surface area contributed by atoms with Crippen LogP contribution in [0.3, 0.4) is 0 Å². The molecule has 0 atom stereocenters. The number of benzene rings is 1. The summed E-state index contributed by atoms with van der Waals surface area (Å²) in [4.78, 5) is 0. The van der Waals surface area contributed by atoms with Crippen molar-refractivity contribution in [2.24, 2.45) is 0 Å². The molecular formula is C16H22BrNO. The first-order chi connectivity index (χ1) is 9.26. The first kappa shape index (κ1) is 13.6. The average molecular weight is 324 g/mol. The molecule has 0 aromatic heterocycles. The van der Waals surface area contributed by atoms with Crippen molar-refractivity contribution in [3.8, 4) is 0 Å². The molecule has 0 spiro atoms. The molecule has 3 rings (SSSR count). The molecule has 2 fully saturated rings. The van der Waals surface area contributed by atoms with Gasteiger partial charge in [0, 0.05) is 10.5 Å². The van der Waals surface area contributed by atoms with Crippen molar-refractivity contribution >= 4 is 15.9 Å². The van der Waals surface area contributed by atoms with Gasteiger partial charge in [-0.1, -0.05) is 28.1 Å². The summed E-state index contributed by atoms with van der Waals surface area (Å²) in [5.41, 5.74) is 1.43. The molecule has 0 heterocycles. The highest BCUT2D eigenvalue weighted by Gasteiger charge is 2.37. The Morgan fingerprint density at radius 1 is 1.21 bits per heavy atom. The molecule has 3 heteroatoms. The molecule has 1 aromatic carbocycles. The average Bonchev–Trinajstić information content (AvgIpc) is 3.17. The van der Waals surface area contributed by atoms with Gasteiger partial charge in [0.15, 0.2) is 0 Å². The van der Waals surface area contributed by atoms with Gasteiger partial charge in [0.05, 0.1) is 12.2 Å². The van der Waals surface area contributed by atoms with Gasteiger partial charge in [-0.05, 0) is 62.8 Å². The second kappa shape index (κ2) is 5.94. The van der Waals surface area contributed by atoms with Gasteiger partial charge < -0.3 is 10.1 Å². The lowest BCUT2D eigenvalue weighted by Gasteiger charge is -2.42. The van der Waals surface area contributed by atoms with E-state index in [0.717, 1.165) is 23.7 Å². The Labute approximate surface area is 124 Å². The van der Waals surface area contributed by atoms with Crippen LogP contribution >= 0.6 is 15.9 Å². The quantitative estimate of drug-likeness (QED) is 0.818. The minimum absolute atomic E-state index is 0.162. The van der Waals surface area contributed by atoms with Crippen LogP contribution in [0.4, 0.5) is 0 Å². The van der Waals surface area contributed by atoms with E-state index in [-0.39, 0.29) is 5.60 Å². The van der Waals surface area contributed by atoms with E-state index in [1.165, 1.54) is 44.1 Å². The van der Waals surface area contributed by atoms with Crippen molar-refractivity contribution < 1.29 is 4.74 Å². The van der Waals surface area contributed by atoms with E-state index >= 15 is 0 Å². The minimum atomic E-state index is 0.162. The maximum Gasteiger partial charge on any atom is 0.0724 e. The fourth-order valence-corrected chi connectivity index (χ4v) is 2.91. The van der Waals surface area contributed by atoms with Gasteiger partial charge in [-0.15, -0.1) is 0 Å². The zero-order valence-corrected chi connectivity index (χ0v) is 12.9. The molecule has 0 amide bonds. The van der Waals surface area contributed by atoms with Gasteiger partial charge in [0.2, 0.25) is 0 Å². The first-order valence-electron chi connectivity index (χ1n) is 7.38. The summed E-state index contributed by atoms with van der Waals surface area (Å²) in [5.74, 6) is 0. The molecule has 19 heavy (non-hydrogen) atoms. The summed E-state index contributed by atoms with van der Waals surface area (Å²) in [6.07, 6.45) is 7.69. The number of halogens is 1. The third-order valence-corrected chi connectivity index (χ3v) is 4.84. The molecule has 1 N–H and O–H groups in total. The zero-order chi connectivity index (χ0) is 13.1. The molecule has 104 valence electrons. The second-order valence-electron chi connectivity index (χ2n) is 5.93. The summed E-state index contributed by atoms with van der Waals surface area (Å²) in [7, 11) is 0. The van der Waals surface area contributed by atoms with Crippen LogP contribution < -0.4 is 5.32 Å². The molecular weight excluding hydrogens is 302 g/mol. The summed E-state index contributed by atoms with van der Waals surface area (Å²) in [5, 5.41) is 3.60. The Morgan fingerprint density at radius 2 is 1.95 bits per heavy atom. The summed E-state index contributed by atoms with van der Waals surface area (Å²) >= 11 is 3.47. The van der Waals surface area contributed by atoms with Crippen LogP contribution in [-0.2, 0) is 11.3 Å². The van der Waals surface area contributed by atoms with Crippen LogP contribution in [0, 0.1) is 0 Å². The largest absolute Gasteiger partial charge is 0.370 e. The predicted molar refractivity (Wildman–Crippen MR) is 81.2 cm³/mol. The van der Waals surface area contributed by atoms with Gasteiger partial charge in [-0.2, -0.15) is 0 Å². The molecule has 2 aliphatic rings. The molecule has 2 saturated carbocycles. The summed E-state index contributed by atoms with van der Waals surface area (Å²) in [6, 6.07) is 9.25. The van der Waals surface area contributed by atoms with Crippen LogP contribution in [0.1, 0.15) is 44.1 Å². The Hall–Kier alpha value is -0.380. The molecule has 0 aliphatic heterocycles. The lowest BCUT2D eigenvalue weighted by atomic mass is 9.77. The molecule has 1 aromatic rings. The van der Waals surface area contributed by atoms with Crippen molar-refractivity contribution in [2.45, 2.75) is 56.8 Å². The standard InChI is InChI=1S/C16H22BrNO/c17-14-4-2-13(3-5-14)12-19-16(8-1-9-16)10-11-18-15-6-7-15/h2-5,15,18H,1,6-12H2. The lowest BCUT2D eigenvalue weighted by Crippen LogP contribution is -2.42. The second-order valence-corrected chi connectivity index (χ2v) is 6.85. The van der Waals surface area contributed by atoms with E-state index in [9.17, 15) is 0 Å². The molecule has 0 radical (unpaired) electrons. The number of nitrogens with one attached hydrogen (secondary N) is 1. The van der Waals surface area contributed by atoms with E-state index in [1.54, 1.807) is 0 Å². The van der Waals surface area contributed by atoms with Crippen LogP contribution in [0.15, 0.2) is 28.7 Å². The van der Waals surface area contributed by atoms with Gasteiger partial charge in [0.1, 0.15) is 0 Å². The van der Waals surface area contributed by atoms with Crippen molar-refractivity contribution in [1.82, 2.24) is 5.32 Å². The van der Waals surface area contributed by atoms with Gasteiger partial charge >= 0.3 is 0 Å². The maximum absolute atomic E-state index is 6.24. The third kappa shape index (κ3) is 3.80. The molecule has 0 unspecified atom stereocenters. The van der Waals surface area contributed by atoms with Crippen molar-refractivity contribution in [3.63, 3.8) is 0 Å². The monoisotopic (exact) mass is 323 g/mol. The van der Waals surface area contributed by atoms with E-state index in [1.807, 2.05) is 0 Å². The van der Waals surface area contributed by atoms with Crippen LogP contribution in [0.2, 0.25) is 0 Å². The summed E-state index contributed by atoms with van der Waals surface area (Å²) < 4.78 is 7.37. The van der Waals surface area contributed by atoms with Gasteiger partial charge in [-0.3, -0.25) is 0 Å². The lowest BCUT2D eigenvalue weighted by molar-refractivity contribution is -0.114. The number of rotatable bonds is 7. The predicted octanol–water partition coefficient (Wildman–Crippen LogP) is 4.03. The highest BCUT2D eigenvalue weighted by atomic mass is 79.9. The SMILES string of the molecule is Brc1ccc(COC2(CCNC3CC3)CCC2)cc1. The van der Waals surface area contributed by atoms with Crippen molar-refractivity contribution in [1.29, 1.82) is 0 Å². The Morgan fingerprint density at radius 3 is 2.53 bits per heavy atom. The zero-order valence-electron chi connectivity index (χ0n) is 11.3. The number of ether oxygens (including phenoxy) is 1. The summed E-state index contributed by atoms with van der Waals surface area (Å²) in [6.45, 7) is 1.86. The Balaban J connectivity index is 1.46. The Bertz CT molecular complexity index is 409. The van der Waals surface area contributed by atoms with Crippen molar-refractivity contribution in [2.75, 3.05) is 6.54 Å². The van der Waals surface area contributed by atoms with Crippen LogP contribution in [0.5, 0.6) is 0 Å². The third-order valence-electron chi connectivity index (χ3n) is 4.31. The van der Waals surface area contributed by atoms with Crippen LogP contribution in [-0.4, -0.2) is 18.2 Å². The van der Waals surface area contributed by atoms with Gasteiger partial charge in [-0.25, -0.2) is 0 Å². The van der Waals surface area contributed by atoms with Crippen LogP contribution in [0.25, 0.3) is 0 Å². The van der Waals surface area contributed by atoms with E-state index in [0.29, 0.717) is 0 Å². The fourth-order valence-electron chi connectivity index (χ4n) is 2.65. The smallest absolute Gasteiger partial charge is 0.0724 e. The molecule has 2 nitrogen and oxygen atoms in total. The highest BCUT2D eigenvalue weighted by molar-refractivity contribution is 9.10. The first-order valence-corrected chi connectivity index (χ1v) is 8.17. The number of hydrogen-bond donors (Lipinski definition) is 1. The normalized spacial score (nSPS) is 21.1. The molecule has 0 bridgehead atoms. The minimum Gasteiger partial charge on any atom is -0.370 e. The van der Waals surface area contributed by atoms with E-state index in [2.05, 4.69) is 45.5 Å². The highest BCUT2D eigenvalue weighted by Crippen LogP contribution is 2.39. The van der Waals surface area contributed by atoms with Crippen molar-refractivity contribution in [3.05, 3.63) is 34.3 Å². The fraction of sp³-hybridized carbons (Fsp3) is 0.625. The van der Waals surface area contributed by atoms with E-state index in [4.69, 9.17) is 4.74 Å². The molecule has 2 aliphatic carbocycles. The topological polar surface area (TPSA) is 21.3 Å². The Kier molecular flexibility index (Phi) is 4.25. The van der Waals surface area contributed by atoms with Gasteiger partial charge in [0.25, 0.3) is 0 Å². The number of hydrogen-bond acceptors (Lipinski definition) is 2.